The van der Waals surface area contributed by atoms with Crippen molar-refractivity contribution in [3.05, 3.63) is 52.8 Å². The maximum atomic E-state index is 12.3. The highest BCUT2D eigenvalue weighted by molar-refractivity contribution is 6.08. The number of aryl methyl sites for hydroxylation is 3. The molecule has 3 nitrogen and oxygen atoms in total. The van der Waals surface area contributed by atoms with E-state index in [-0.39, 0.29) is 5.78 Å². The van der Waals surface area contributed by atoms with Gasteiger partial charge in [-0.25, -0.2) is 0 Å². The van der Waals surface area contributed by atoms with Crippen molar-refractivity contribution in [2.45, 2.75) is 33.7 Å². The van der Waals surface area contributed by atoms with Crippen molar-refractivity contribution < 1.29 is 4.79 Å². The van der Waals surface area contributed by atoms with Crippen LogP contribution in [-0.2, 0) is 6.54 Å². The lowest BCUT2D eigenvalue weighted by Gasteiger charge is -2.03. The Bertz CT molecular complexity index is 570. The first-order chi connectivity index (χ1) is 8.61. The summed E-state index contributed by atoms with van der Waals surface area (Å²) in [5.41, 5.74) is 3.73. The second kappa shape index (κ2) is 5.17. The van der Waals surface area contributed by atoms with Crippen LogP contribution < -0.4 is 0 Å². The molecule has 94 valence electrons. The average Bonchev–Trinajstić information content (AvgIpc) is 2.81. The van der Waals surface area contributed by atoms with Gasteiger partial charge in [0.15, 0.2) is 5.78 Å². The molecule has 18 heavy (non-hydrogen) atoms. The average molecular weight is 242 g/mol. The Morgan fingerprint density at radius 2 is 2.00 bits per heavy atom. The molecule has 0 atom stereocenters. The summed E-state index contributed by atoms with van der Waals surface area (Å²) in [4.78, 5) is 12.3. The van der Waals surface area contributed by atoms with Gasteiger partial charge in [0.05, 0.1) is 11.8 Å². The number of nitrogens with zero attached hydrogens (tertiary/aromatic N) is 2. The minimum Gasteiger partial charge on any atom is -0.288 e. The second-order valence-electron chi connectivity index (χ2n) is 4.62. The molecule has 0 fully saturated rings. The van der Waals surface area contributed by atoms with Crippen LogP contribution in [0.2, 0.25) is 0 Å². The first-order valence-electron chi connectivity index (χ1n) is 6.26. The molecule has 0 saturated carbocycles. The summed E-state index contributed by atoms with van der Waals surface area (Å²) in [6, 6.07) is 5.80. The summed E-state index contributed by atoms with van der Waals surface area (Å²) in [5.74, 6) is 0.0421. The van der Waals surface area contributed by atoms with E-state index in [1.165, 1.54) is 5.56 Å². The van der Waals surface area contributed by atoms with Crippen LogP contribution in [0.5, 0.6) is 0 Å². The summed E-state index contributed by atoms with van der Waals surface area (Å²) in [6.45, 7) is 7.00. The Kier molecular flexibility index (Phi) is 3.60. The van der Waals surface area contributed by atoms with E-state index in [2.05, 4.69) is 12.0 Å². The number of hydrogen-bond donors (Lipinski definition) is 0. The predicted octanol–water partition coefficient (Wildman–Crippen LogP) is 3.14. The molecule has 1 heterocycles. The smallest absolute Gasteiger partial charge is 0.196 e. The molecular formula is C15H18N2O. The fraction of sp³-hybridized carbons (Fsp3) is 0.333. The fourth-order valence-corrected chi connectivity index (χ4v) is 1.88. The lowest BCUT2D eigenvalue weighted by Crippen LogP contribution is -2.01. The maximum absolute atomic E-state index is 12.3. The first-order valence-corrected chi connectivity index (χ1v) is 6.26. The van der Waals surface area contributed by atoms with Crippen LogP contribution in [0.4, 0.5) is 0 Å². The van der Waals surface area contributed by atoms with Gasteiger partial charge in [0.25, 0.3) is 0 Å². The van der Waals surface area contributed by atoms with Gasteiger partial charge in [-0.15, -0.1) is 0 Å². The molecule has 1 aromatic heterocycles. The van der Waals surface area contributed by atoms with Gasteiger partial charge in [0.1, 0.15) is 0 Å². The Hall–Kier alpha value is -1.90. The molecule has 0 amide bonds. The van der Waals surface area contributed by atoms with Crippen LogP contribution >= 0.6 is 0 Å². The summed E-state index contributed by atoms with van der Waals surface area (Å²) >= 11 is 0. The summed E-state index contributed by atoms with van der Waals surface area (Å²) in [6.07, 6.45) is 4.48. The van der Waals surface area contributed by atoms with E-state index in [1.54, 1.807) is 6.20 Å². The van der Waals surface area contributed by atoms with Gasteiger partial charge in [-0.2, -0.15) is 5.10 Å². The van der Waals surface area contributed by atoms with E-state index in [9.17, 15) is 4.79 Å². The van der Waals surface area contributed by atoms with Crippen molar-refractivity contribution in [3.8, 4) is 0 Å². The van der Waals surface area contributed by atoms with E-state index in [0.29, 0.717) is 5.56 Å². The molecule has 0 bridgehead atoms. The van der Waals surface area contributed by atoms with E-state index in [0.717, 1.165) is 24.1 Å². The minimum absolute atomic E-state index is 0.0421. The Balaban J connectivity index is 2.26. The molecule has 0 saturated heterocycles. The van der Waals surface area contributed by atoms with Crippen molar-refractivity contribution in [3.63, 3.8) is 0 Å². The maximum Gasteiger partial charge on any atom is 0.196 e. The summed E-state index contributed by atoms with van der Waals surface area (Å²) in [7, 11) is 0. The molecule has 1 aromatic carbocycles. The van der Waals surface area contributed by atoms with Gasteiger partial charge in [-0.05, 0) is 37.5 Å². The van der Waals surface area contributed by atoms with Crippen LogP contribution in [-0.4, -0.2) is 15.6 Å². The highest BCUT2D eigenvalue weighted by Gasteiger charge is 2.11. The number of hydrogen-bond acceptors (Lipinski definition) is 2. The van der Waals surface area contributed by atoms with E-state index >= 15 is 0 Å². The molecule has 3 heteroatoms. The third-order valence-electron chi connectivity index (χ3n) is 3.12. The lowest BCUT2D eigenvalue weighted by atomic mass is 10.0. The number of rotatable bonds is 4. The molecule has 0 aliphatic rings. The zero-order chi connectivity index (χ0) is 13.1. The Morgan fingerprint density at radius 1 is 1.22 bits per heavy atom. The van der Waals surface area contributed by atoms with Gasteiger partial charge in [0.2, 0.25) is 0 Å². The minimum atomic E-state index is 0.0421. The third-order valence-corrected chi connectivity index (χ3v) is 3.12. The normalized spacial score (nSPS) is 10.6. The van der Waals surface area contributed by atoms with Gasteiger partial charge < -0.3 is 0 Å². The van der Waals surface area contributed by atoms with Crippen molar-refractivity contribution in [2.75, 3.05) is 0 Å². The van der Waals surface area contributed by atoms with E-state index in [4.69, 9.17) is 0 Å². The lowest BCUT2D eigenvalue weighted by molar-refractivity contribution is 0.103. The monoisotopic (exact) mass is 242 g/mol. The van der Waals surface area contributed by atoms with Crippen molar-refractivity contribution in [1.29, 1.82) is 0 Å². The largest absolute Gasteiger partial charge is 0.288 e. The van der Waals surface area contributed by atoms with Crippen molar-refractivity contribution in [1.82, 2.24) is 9.78 Å². The molecule has 0 aliphatic carbocycles. The number of aromatic nitrogens is 2. The molecule has 2 aromatic rings. The quantitative estimate of drug-likeness (QED) is 0.772. The van der Waals surface area contributed by atoms with Gasteiger partial charge in [-0.3, -0.25) is 9.48 Å². The standard InChI is InChI=1S/C15H18N2O/c1-4-7-17-10-14(9-16-17)15(18)13-6-5-11(2)12(3)8-13/h5-6,8-10H,4,7H2,1-3H3. The zero-order valence-corrected chi connectivity index (χ0v) is 11.1. The summed E-state index contributed by atoms with van der Waals surface area (Å²) < 4.78 is 1.81. The molecule has 0 unspecified atom stereocenters. The van der Waals surface area contributed by atoms with Gasteiger partial charge >= 0.3 is 0 Å². The molecule has 2 rings (SSSR count). The van der Waals surface area contributed by atoms with E-state index in [1.807, 2.05) is 42.9 Å². The topological polar surface area (TPSA) is 34.9 Å². The highest BCUT2D eigenvalue weighted by Crippen LogP contribution is 2.14. The zero-order valence-electron chi connectivity index (χ0n) is 11.1. The molecule has 0 N–H and O–H groups in total. The van der Waals surface area contributed by atoms with Crippen molar-refractivity contribution >= 4 is 5.78 Å². The Labute approximate surface area is 107 Å². The summed E-state index contributed by atoms with van der Waals surface area (Å²) in [5, 5.41) is 4.19. The second-order valence-corrected chi connectivity index (χ2v) is 4.62. The first kappa shape index (κ1) is 12.6. The van der Waals surface area contributed by atoms with Crippen LogP contribution in [0.15, 0.2) is 30.6 Å². The Morgan fingerprint density at radius 3 is 2.67 bits per heavy atom. The van der Waals surface area contributed by atoms with Crippen molar-refractivity contribution in [2.24, 2.45) is 0 Å². The van der Waals surface area contributed by atoms with Gasteiger partial charge in [-0.1, -0.05) is 19.1 Å². The molecule has 0 spiro atoms. The van der Waals surface area contributed by atoms with Crippen LogP contribution in [0, 0.1) is 13.8 Å². The number of carbonyl (C=O) groups excluding carboxylic acids is 1. The number of ketones is 1. The SMILES string of the molecule is CCCn1cc(C(=O)c2ccc(C)c(C)c2)cn1. The molecule has 0 radical (unpaired) electrons. The van der Waals surface area contributed by atoms with E-state index < -0.39 is 0 Å². The number of carbonyl (C=O) groups is 1. The van der Waals surface area contributed by atoms with Crippen LogP contribution in [0.3, 0.4) is 0 Å². The van der Waals surface area contributed by atoms with Crippen LogP contribution in [0.25, 0.3) is 0 Å². The van der Waals surface area contributed by atoms with Gasteiger partial charge in [0, 0.05) is 18.3 Å². The third kappa shape index (κ3) is 2.50. The number of benzene rings is 1. The highest BCUT2D eigenvalue weighted by atomic mass is 16.1. The molecular weight excluding hydrogens is 224 g/mol. The molecule has 0 aliphatic heterocycles. The van der Waals surface area contributed by atoms with Crippen LogP contribution in [0.1, 0.15) is 40.4 Å². The fourth-order valence-electron chi connectivity index (χ4n) is 1.88. The predicted molar refractivity (Wildman–Crippen MR) is 71.9 cm³/mol.